The molecule has 1 saturated heterocycles. The largest absolute Gasteiger partial charge is 0.433 e. The third kappa shape index (κ3) is 3.49. The summed E-state index contributed by atoms with van der Waals surface area (Å²) >= 11 is 5.60. The first-order valence-electron chi connectivity index (χ1n) is 6.12. The third-order valence-corrected chi connectivity index (χ3v) is 3.34. The van der Waals surface area contributed by atoms with Crippen LogP contribution >= 0.6 is 11.6 Å². The maximum atomic E-state index is 12.7. The van der Waals surface area contributed by atoms with Crippen molar-refractivity contribution in [2.24, 2.45) is 11.8 Å². The highest BCUT2D eigenvalue weighted by Gasteiger charge is 2.34. The molecule has 0 aromatic carbocycles. The van der Waals surface area contributed by atoms with E-state index in [4.69, 9.17) is 11.6 Å². The second kappa shape index (κ2) is 5.15. The van der Waals surface area contributed by atoms with Gasteiger partial charge in [0.25, 0.3) is 0 Å². The number of alkyl halides is 3. The Balaban J connectivity index is 2.31. The highest BCUT2D eigenvalue weighted by molar-refractivity contribution is 6.28. The zero-order chi connectivity index (χ0) is 14.2. The molecule has 0 radical (unpaired) electrons. The minimum Gasteiger partial charge on any atom is -0.356 e. The Morgan fingerprint density at radius 3 is 2.32 bits per heavy atom. The Bertz CT molecular complexity index is 454. The van der Waals surface area contributed by atoms with E-state index in [9.17, 15) is 13.2 Å². The second-order valence-corrected chi connectivity index (χ2v) is 5.57. The van der Waals surface area contributed by atoms with E-state index in [1.807, 2.05) is 4.90 Å². The summed E-state index contributed by atoms with van der Waals surface area (Å²) in [4.78, 5) is 9.01. The molecule has 1 fully saturated rings. The lowest BCUT2D eigenvalue weighted by Gasteiger charge is -2.35. The number of rotatable bonds is 1. The average Bonchev–Trinajstić information content (AvgIpc) is 2.25. The van der Waals surface area contributed by atoms with Crippen molar-refractivity contribution in [3.05, 3.63) is 17.0 Å². The van der Waals surface area contributed by atoms with Gasteiger partial charge in [-0.3, -0.25) is 0 Å². The molecule has 1 aliphatic rings. The fourth-order valence-electron chi connectivity index (χ4n) is 2.56. The van der Waals surface area contributed by atoms with E-state index in [1.165, 1.54) is 0 Å². The molecule has 1 aromatic rings. The van der Waals surface area contributed by atoms with Crippen LogP contribution in [0, 0.1) is 11.8 Å². The zero-order valence-corrected chi connectivity index (χ0v) is 11.5. The molecule has 0 amide bonds. The second-order valence-electron chi connectivity index (χ2n) is 5.23. The standard InChI is InChI=1S/C12H15ClF3N3/c1-7-3-8(2)6-19(5-7)10-4-9(12(14,15)16)17-11(13)18-10/h4,7-8H,3,5-6H2,1-2H3. The number of piperidine rings is 1. The molecule has 106 valence electrons. The van der Waals surface area contributed by atoms with Gasteiger partial charge in [-0.05, 0) is 29.9 Å². The molecule has 3 nitrogen and oxygen atoms in total. The van der Waals surface area contributed by atoms with Gasteiger partial charge in [-0.1, -0.05) is 13.8 Å². The number of hydrogen-bond donors (Lipinski definition) is 0. The normalized spacial score (nSPS) is 24.6. The summed E-state index contributed by atoms with van der Waals surface area (Å²) < 4.78 is 38.1. The fourth-order valence-corrected chi connectivity index (χ4v) is 2.74. The Kier molecular flexibility index (Phi) is 3.90. The molecule has 2 heterocycles. The molecule has 0 aliphatic carbocycles. The van der Waals surface area contributed by atoms with Crippen LogP contribution in [0.3, 0.4) is 0 Å². The third-order valence-electron chi connectivity index (χ3n) is 3.17. The van der Waals surface area contributed by atoms with Gasteiger partial charge in [0.1, 0.15) is 5.82 Å². The van der Waals surface area contributed by atoms with Crippen LogP contribution in [0.1, 0.15) is 26.0 Å². The first kappa shape index (κ1) is 14.4. The van der Waals surface area contributed by atoms with Crippen LogP contribution in [0.15, 0.2) is 6.07 Å². The smallest absolute Gasteiger partial charge is 0.356 e. The Labute approximate surface area is 114 Å². The van der Waals surface area contributed by atoms with E-state index in [-0.39, 0.29) is 11.1 Å². The Hall–Kier alpha value is -1.04. The quantitative estimate of drug-likeness (QED) is 0.740. The lowest BCUT2D eigenvalue weighted by Crippen LogP contribution is -2.39. The molecule has 2 atom stereocenters. The van der Waals surface area contributed by atoms with Gasteiger partial charge in [-0.15, -0.1) is 0 Å². The zero-order valence-electron chi connectivity index (χ0n) is 10.7. The van der Waals surface area contributed by atoms with Crippen molar-refractivity contribution in [1.82, 2.24) is 9.97 Å². The minimum atomic E-state index is -4.51. The SMILES string of the molecule is CC1CC(C)CN(c2cc(C(F)(F)F)nc(Cl)n2)C1. The van der Waals surface area contributed by atoms with Gasteiger partial charge in [0.2, 0.25) is 5.28 Å². The maximum absolute atomic E-state index is 12.7. The lowest BCUT2D eigenvalue weighted by atomic mass is 9.92. The topological polar surface area (TPSA) is 29.0 Å². The van der Waals surface area contributed by atoms with E-state index < -0.39 is 11.9 Å². The van der Waals surface area contributed by atoms with Crippen LogP contribution in [-0.2, 0) is 6.18 Å². The molecule has 2 unspecified atom stereocenters. The molecule has 7 heteroatoms. The summed E-state index contributed by atoms with van der Waals surface area (Å²) in [5.41, 5.74) is -0.992. The van der Waals surface area contributed by atoms with Crippen molar-refractivity contribution in [2.45, 2.75) is 26.4 Å². The molecule has 0 saturated carbocycles. The maximum Gasteiger partial charge on any atom is 0.433 e. The lowest BCUT2D eigenvalue weighted by molar-refractivity contribution is -0.141. The highest BCUT2D eigenvalue weighted by Crippen LogP contribution is 2.32. The van der Waals surface area contributed by atoms with E-state index >= 15 is 0 Å². The molecule has 0 bridgehead atoms. The molecular weight excluding hydrogens is 279 g/mol. The van der Waals surface area contributed by atoms with Gasteiger partial charge in [0.15, 0.2) is 5.69 Å². The molecule has 1 aromatic heterocycles. The number of halogens is 4. The van der Waals surface area contributed by atoms with Crippen molar-refractivity contribution in [2.75, 3.05) is 18.0 Å². The Morgan fingerprint density at radius 1 is 1.21 bits per heavy atom. The predicted octanol–water partition coefficient (Wildman–Crippen LogP) is 3.63. The summed E-state index contributed by atoms with van der Waals surface area (Å²) in [5.74, 6) is 1.10. The van der Waals surface area contributed by atoms with Gasteiger partial charge in [-0.2, -0.15) is 13.2 Å². The fraction of sp³-hybridized carbons (Fsp3) is 0.667. The molecule has 2 rings (SSSR count). The molecule has 19 heavy (non-hydrogen) atoms. The summed E-state index contributed by atoms with van der Waals surface area (Å²) in [6.45, 7) is 5.54. The van der Waals surface area contributed by atoms with E-state index in [0.29, 0.717) is 24.9 Å². The Morgan fingerprint density at radius 2 is 1.79 bits per heavy atom. The average molecular weight is 294 g/mol. The molecule has 0 spiro atoms. The highest BCUT2D eigenvalue weighted by atomic mass is 35.5. The monoisotopic (exact) mass is 293 g/mol. The summed E-state index contributed by atoms with van der Waals surface area (Å²) in [6, 6.07) is 0.969. The van der Waals surface area contributed by atoms with Crippen molar-refractivity contribution >= 4 is 17.4 Å². The summed E-state index contributed by atoms with van der Waals surface area (Å²) in [5, 5.41) is -0.365. The summed E-state index contributed by atoms with van der Waals surface area (Å²) in [7, 11) is 0. The number of nitrogens with zero attached hydrogens (tertiary/aromatic N) is 3. The number of anilines is 1. The predicted molar refractivity (Wildman–Crippen MR) is 67.2 cm³/mol. The van der Waals surface area contributed by atoms with Gasteiger partial charge < -0.3 is 4.90 Å². The van der Waals surface area contributed by atoms with E-state index in [2.05, 4.69) is 23.8 Å². The van der Waals surface area contributed by atoms with Crippen LogP contribution < -0.4 is 4.90 Å². The van der Waals surface area contributed by atoms with Gasteiger partial charge in [0.05, 0.1) is 0 Å². The van der Waals surface area contributed by atoms with Crippen molar-refractivity contribution < 1.29 is 13.2 Å². The van der Waals surface area contributed by atoms with Crippen LogP contribution in [0.5, 0.6) is 0 Å². The molecule has 1 aliphatic heterocycles. The minimum absolute atomic E-state index is 0.255. The van der Waals surface area contributed by atoms with Crippen molar-refractivity contribution in [3.63, 3.8) is 0 Å². The van der Waals surface area contributed by atoms with E-state index in [1.54, 1.807) is 0 Å². The first-order valence-corrected chi connectivity index (χ1v) is 6.50. The van der Waals surface area contributed by atoms with Gasteiger partial charge >= 0.3 is 6.18 Å². The summed E-state index contributed by atoms with van der Waals surface area (Å²) in [6.07, 6.45) is -3.43. The van der Waals surface area contributed by atoms with Crippen LogP contribution in [0.2, 0.25) is 5.28 Å². The van der Waals surface area contributed by atoms with Gasteiger partial charge in [-0.25, -0.2) is 9.97 Å². The molecule has 0 N–H and O–H groups in total. The van der Waals surface area contributed by atoms with Crippen molar-refractivity contribution in [3.8, 4) is 0 Å². The van der Waals surface area contributed by atoms with E-state index in [0.717, 1.165) is 12.5 Å². The van der Waals surface area contributed by atoms with Gasteiger partial charge in [0, 0.05) is 19.2 Å². The molecular formula is C12H15ClF3N3. The van der Waals surface area contributed by atoms with Crippen LogP contribution in [0.4, 0.5) is 19.0 Å². The number of hydrogen-bond acceptors (Lipinski definition) is 3. The van der Waals surface area contributed by atoms with Crippen molar-refractivity contribution in [1.29, 1.82) is 0 Å². The first-order chi connectivity index (χ1) is 8.75. The van der Waals surface area contributed by atoms with Crippen LogP contribution in [-0.4, -0.2) is 23.1 Å². The van der Waals surface area contributed by atoms with Crippen LogP contribution in [0.25, 0.3) is 0 Å². The number of aromatic nitrogens is 2.